The van der Waals surface area contributed by atoms with Crippen LogP contribution in [0, 0.1) is 13.8 Å². The summed E-state index contributed by atoms with van der Waals surface area (Å²) in [5.74, 6) is 0. The predicted octanol–water partition coefficient (Wildman–Crippen LogP) is 2.88. The van der Waals surface area contributed by atoms with Crippen LogP contribution in [0.2, 0.25) is 0 Å². The summed E-state index contributed by atoms with van der Waals surface area (Å²) in [6, 6.07) is 10.3. The van der Waals surface area contributed by atoms with Gasteiger partial charge in [-0.05, 0) is 38.3 Å². The molecule has 1 heterocycles. The molecule has 0 atom stereocenters. The number of nitrogens with one attached hydrogen (secondary N) is 1. The summed E-state index contributed by atoms with van der Waals surface area (Å²) in [5, 5.41) is 8.08. The zero-order valence-electron chi connectivity index (χ0n) is 13.3. The number of para-hydroxylation sites is 1. The van der Waals surface area contributed by atoms with E-state index in [2.05, 4.69) is 23.4 Å². The van der Waals surface area contributed by atoms with E-state index < -0.39 is 0 Å². The average molecular weight is 297 g/mol. The van der Waals surface area contributed by atoms with E-state index in [0.717, 1.165) is 16.9 Å². The van der Waals surface area contributed by atoms with E-state index in [1.165, 1.54) is 25.7 Å². The minimum absolute atomic E-state index is 0.0211. The van der Waals surface area contributed by atoms with Crippen molar-refractivity contribution in [3.63, 3.8) is 0 Å². The predicted molar refractivity (Wildman–Crippen MR) is 88.4 cm³/mol. The van der Waals surface area contributed by atoms with Gasteiger partial charge in [0.15, 0.2) is 0 Å². The number of hydrogen-bond acceptors (Lipinski definition) is 3. The van der Waals surface area contributed by atoms with E-state index in [1.807, 2.05) is 29.8 Å². The molecule has 4 nitrogen and oxygen atoms in total. The van der Waals surface area contributed by atoms with Crippen LogP contribution >= 0.6 is 0 Å². The SMILES string of the molecule is Cc1ccccc1-n1nc(CNC2CCCC2)c(=O)cc1C. The summed E-state index contributed by atoms with van der Waals surface area (Å²) in [4.78, 5) is 12.2. The van der Waals surface area contributed by atoms with Gasteiger partial charge in [0.05, 0.1) is 5.69 Å². The lowest BCUT2D eigenvalue weighted by atomic mass is 10.2. The third kappa shape index (κ3) is 3.12. The Morgan fingerprint density at radius 1 is 1.23 bits per heavy atom. The second-order valence-corrected chi connectivity index (χ2v) is 6.16. The van der Waals surface area contributed by atoms with Gasteiger partial charge in [-0.2, -0.15) is 5.10 Å². The summed E-state index contributed by atoms with van der Waals surface area (Å²) in [6.45, 7) is 4.54. The lowest BCUT2D eigenvalue weighted by Gasteiger charge is -2.15. The van der Waals surface area contributed by atoms with E-state index in [4.69, 9.17) is 0 Å². The Labute approximate surface area is 131 Å². The van der Waals surface area contributed by atoms with Gasteiger partial charge < -0.3 is 5.32 Å². The van der Waals surface area contributed by atoms with Gasteiger partial charge >= 0.3 is 0 Å². The van der Waals surface area contributed by atoms with Crippen molar-refractivity contribution < 1.29 is 0 Å². The van der Waals surface area contributed by atoms with E-state index >= 15 is 0 Å². The number of nitrogens with zero attached hydrogens (tertiary/aromatic N) is 2. The summed E-state index contributed by atoms with van der Waals surface area (Å²) in [6.07, 6.45) is 4.98. The maximum absolute atomic E-state index is 12.2. The van der Waals surface area contributed by atoms with Crippen molar-refractivity contribution in [1.29, 1.82) is 0 Å². The molecule has 4 heteroatoms. The molecule has 1 aromatic carbocycles. The van der Waals surface area contributed by atoms with Crippen molar-refractivity contribution in [3.8, 4) is 5.69 Å². The molecule has 1 saturated carbocycles. The van der Waals surface area contributed by atoms with Gasteiger partial charge in [-0.1, -0.05) is 31.0 Å². The lowest BCUT2D eigenvalue weighted by molar-refractivity contribution is 0.512. The molecule has 0 unspecified atom stereocenters. The van der Waals surface area contributed by atoms with E-state index in [9.17, 15) is 4.79 Å². The lowest BCUT2D eigenvalue weighted by Crippen LogP contribution is -2.30. The van der Waals surface area contributed by atoms with Gasteiger partial charge in [-0.25, -0.2) is 4.68 Å². The molecule has 0 aliphatic heterocycles. The van der Waals surface area contributed by atoms with Gasteiger partial charge in [0.25, 0.3) is 0 Å². The average Bonchev–Trinajstić information content (AvgIpc) is 3.01. The quantitative estimate of drug-likeness (QED) is 0.944. The Kier molecular flexibility index (Phi) is 4.39. The van der Waals surface area contributed by atoms with Crippen LogP contribution < -0.4 is 10.7 Å². The van der Waals surface area contributed by atoms with Crippen LogP contribution in [0.15, 0.2) is 35.1 Å². The first-order valence-corrected chi connectivity index (χ1v) is 8.04. The molecule has 0 amide bonds. The van der Waals surface area contributed by atoms with Gasteiger partial charge in [-0.3, -0.25) is 4.79 Å². The van der Waals surface area contributed by atoms with Crippen molar-refractivity contribution in [2.24, 2.45) is 0 Å². The molecule has 1 aromatic heterocycles. The molecule has 0 bridgehead atoms. The highest BCUT2D eigenvalue weighted by molar-refractivity contribution is 5.40. The Morgan fingerprint density at radius 2 is 1.95 bits per heavy atom. The standard InChI is InChI=1S/C18H23N3O/c1-13-7-3-6-10-17(13)21-14(2)11-18(22)16(20-21)12-19-15-8-4-5-9-15/h3,6-7,10-11,15,19H,4-5,8-9,12H2,1-2H3. The first-order valence-electron chi connectivity index (χ1n) is 8.04. The fraction of sp³-hybridized carbons (Fsp3) is 0.444. The van der Waals surface area contributed by atoms with Crippen molar-refractivity contribution in [2.75, 3.05) is 0 Å². The monoisotopic (exact) mass is 297 g/mol. The smallest absolute Gasteiger partial charge is 0.204 e. The highest BCUT2D eigenvalue weighted by Gasteiger charge is 2.15. The number of rotatable bonds is 4. The molecule has 0 saturated heterocycles. The number of hydrogen-bond donors (Lipinski definition) is 1. The molecule has 1 aliphatic rings. The molecule has 3 rings (SSSR count). The topological polar surface area (TPSA) is 46.9 Å². The minimum atomic E-state index is 0.0211. The maximum atomic E-state index is 12.2. The zero-order valence-corrected chi connectivity index (χ0v) is 13.3. The third-order valence-electron chi connectivity index (χ3n) is 4.44. The molecule has 1 aliphatic carbocycles. The summed E-state index contributed by atoms with van der Waals surface area (Å²) in [7, 11) is 0. The van der Waals surface area contributed by atoms with Gasteiger partial charge in [-0.15, -0.1) is 0 Å². The van der Waals surface area contributed by atoms with Crippen LogP contribution in [0.3, 0.4) is 0 Å². The Morgan fingerprint density at radius 3 is 2.68 bits per heavy atom. The number of aromatic nitrogens is 2. The highest BCUT2D eigenvalue weighted by Crippen LogP contribution is 2.18. The fourth-order valence-corrected chi connectivity index (χ4v) is 3.12. The van der Waals surface area contributed by atoms with Gasteiger partial charge in [0.1, 0.15) is 5.69 Å². The van der Waals surface area contributed by atoms with E-state index in [0.29, 0.717) is 18.3 Å². The fourth-order valence-electron chi connectivity index (χ4n) is 3.12. The Bertz CT molecular complexity index is 715. The van der Waals surface area contributed by atoms with Crippen molar-refractivity contribution in [3.05, 3.63) is 57.5 Å². The maximum Gasteiger partial charge on any atom is 0.204 e. The van der Waals surface area contributed by atoms with Crippen LogP contribution in [0.4, 0.5) is 0 Å². The van der Waals surface area contributed by atoms with Gasteiger partial charge in [0.2, 0.25) is 5.43 Å². The molecule has 116 valence electrons. The second kappa shape index (κ2) is 6.44. The van der Waals surface area contributed by atoms with Crippen LogP contribution in [0.5, 0.6) is 0 Å². The molecular formula is C18H23N3O. The number of aryl methyl sites for hydroxylation is 2. The molecular weight excluding hydrogens is 274 g/mol. The molecule has 22 heavy (non-hydrogen) atoms. The zero-order chi connectivity index (χ0) is 15.5. The van der Waals surface area contributed by atoms with Crippen molar-refractivity contribution in [1.82, 2.24) is 15.1 Å². The van der Waals surface area contributed by atoms with Crippen LogP contribution in [-0.2, 0) is 6.54 Å². The van der Waals surface area contributed by atoms with E-state index in [1.54, 1.807) is 6.07 Å². The normalized spacial score (nSPS) is 15.4. The molecule has 0 spiro atoms. The van der Waals surface area contributed by atoms with Crippen LogP contribution in [0.1, 0.15) is 42.6 Å². The molecule has 1 N–H and O–H groups in total. The molecule has 1 fully saturated rings. The second-order valence-electron chi connectivity index (χ2n) is 6.16. The summed E-state index contributed by atoms with van der Waals surface area (Å²) < 4.78 is 1.88. The van der Waals surface area contributed by atoms with Crippen LogP contribution in [0.25, 0.3) is 5.69 Å². The Balaban J connectivity index is 1.89. The van der Waals surface area contributed by atoms with Gasteiger partial charge in [0, 0.05) is 24.3 Å². The first-order chi connectivity index (χ1) is 10.6. The van der Waals surface area contributed by atoms with Crippen molar-refractivity contribution >= 4 is 0 Å². The largest absolute Gasteiger partial charge is 0.308 e. The Hall–Kier alpha value is -1.94. The summed E-state index contributed by atoms with van der Waals surface area (Å²) >= 11 is 0. The molecule has 2 aromatic rings. The summed E-state index contributed by atoms with van der Waals surface area (Å²) in [5.41, 5.74) is 3.66. The molecule has 0 radical (unpaired) electrons. The first kappa shape index (κ1) is 15.0. The third-order valence-corrected chi connectivity index (χ3v) is 4.44. The van der Waals surface area contributed by atoms with E-state index in [-0.39, 0.29) is 5.43 Å². The van der Waals surface area contributed by atoms with Crippen LogP contribution in [-0.4, -0.2) is 15.8 Å². The van der Waals surface area contributed by atoms with Crippen molar-refractivity contribution in [2.45, 2.75) is 52.1 Å². The highest BCUT2D eigenvalue weighted by atomic mass is 16.1. The number of benzene rings is 1. The minimum Gasteiger partial charge on any atom is -0.308 e.